The van der Waals surface area contributed by atoms with Crippen LogP contribution >= 0.6 is 11.3 Å². The third kappa shape index (κ3) is 7.84. The largest absolute Gasteiger partial charge is 0.459 e. The number of aliphatic hydroxyl groups excluding tert-OH is 1. The molecule has 45 heavy (non-hydrogen) atoms. The van der Waals surface area contributed by atoms with Crippen LogP contribution in [0, 0.1) is 17.8 Å². The standard InChI is InChI=1S/C32H44N4O7S2/c1-20(2)16-36(45(39,40)23-11-12-24-28(15-23)44-32(34-24)35(4)5)17-26(37)22(13-21-9-7-6-8-10-21)14-29(38)43-27-19-42-31-30(27)25(33-3)18-41-31/h6-12,15,20,22,25-27,30-31,33,37H,13-14,16-19H2,1-5H3/t22-,25+,26-,27+,30+,31-/m1/s1. The first-order chi connectivity index (χ1) is 21.5. The Labute approximate surface area is 269 Å². The monoisotopic (exact) mass is 660 g/mol. The first kappa shape index (κ1) is 33.7. The van der Waals surface area contributed by atoms with E-state index in [0.717, 1.165) is 20.9 Å². The predicted octanol–water partition coefficient (Wildman–Crippen LogP) is 3.12. The van der Waals surface area contributed by atoms with E-state index in [1.807, 2.05) is 70.2 Å². The number of hydrogen-bond donors (Lipinski definition) is 2. The van der Waals surface area contributed by atoms with Gasteiger partial charge in [0.15, 0.2) is 11.4 Å². The van der Waals surface area contributed by atoms with Crippen LogP contribution in [0.15, 0.2) is 53.4 Å². The minimum Gasteiger partial charge on any atom is -0.459 e. The molecule has 2 aromatic carbocycles. The lowest BCUT2D eigenvalue weighted by Gasteiger charge is -2.30. The highest BCUT2D eigenvalue weighted by Crippen LogP contribution is 2.34. The van der Waals surface area contributed by atoms with E-state index in [9.17, 15) is 18.3 Å². The molecule has 1 aromatic heterocycles. The number of aliphatic hydroxyl groups is 1. The highest BCUT2D eigenvalue weighted by atomic mass is 32.2. The van der Waals surface area contributed by atoms with Gasteiger partial charge in [-0.2, -0.15) is 4.31 Å². The van der Waals surface area contributed by atoms with E-state index in [-0.39, 0.29) is 48.9 Å². The molecule has 2 aliphatic rings. The minimum atomic E-state index is -3.98. The molecule has 3 aromatic rings. The van der Waals surface area contributed by atoms with E-state index < -0.39 is 40.4 Å². The van der Waals surface area contributed by atoms with Crippen molar-refractivity contribution in [3.05, 3.63) is 54.1 Å². The van der Waals surface area contributed by atoms with E-state index in [1.165, 1.54) is 15.6 Å². The number of esters is 1. The van der Waals surface area contributed by atoms with Crippen LogP contribution in [0.3, 0.4) is 0 Å². The molecule has 2 fully saturated rings. The highest BCUT2D eigenvalue weighted by molar-refractivity contribution is 7.89. The lowest BCUT2D eigenvalue weighted by Crippen LogP contribution is -2.44. The van der Waals surface area contributed by atoms with E-state index in [0.29, 0.717) is 13.0 Å². The number of hydrogen-bond acceptors (Lipinski definition) is 11. The summed E-state index contributed by atoms with van der Waals surface area (Å²) < 4.78 is 47.5. The number of anilines is 1. The topological polar surface area (TPSA) is 131 Å². The fourth-order valence-corrected chi connectivity index (χ4v) is 8.66. The van der Waals surface area contributed by atoms with Crippen molar-refractivity contribution < 1.29 is 32.5 Å². The first-order valence-corrected chi connectivity index (χ1v) is 17.6. The summed E-state index contributed by atoms with van der Waals surface area (Å²) in [6.07, 6.45) is -1.72. The van der Waals surface area contributed by atoms with Gasteiger partial charge in [0.2, 0.25) is 10.0 Å². The highest BCUT2D eigenvalue weighted by Gasteiger charge is 2.49. The summed E-state index contributed by atoms with van der Waals surface area (Å²) in [5.74, 6) is -1.17. The molecule has 246 valence electrons. The lowest BCUT2D eigenvalue weighted by molar-refractivity contribution is -0.153. The molecule has 11 nitrogen and oxygen atoms in total. The molecular formula is C32H44N4O7S2. The van der Waals surface area contributed by atoms with Crippen LogP contribution in [0.5, 0.6) is 0 Å². The number of likely N-dealkylation sites (N-methyl/N-ethyl adjacent to an activating group) is 1. The van der Waals surface area contributed by atoms with E-state index >= 15 is 0 Å². The predicted molar refractivity (Wildman–Crippen MR) is 174 cm³/mol. The number of sulfonamides is 1. The molecular weight excluding hydrogens is 617 g/mol. The van der Waals surface area contributed by atoms with Gasteiger partial charge in [-0.3, -0.25) is 4.79 Å². The molecule has 0 aliphatic carbocycles. The maximum Gasteiger partial charge on any atom is 0.306 e. The second-order valence-electron chi connectivity index (χ2n) is 12.5. The fourth-order valence-electron chi connectivity index (χ4n) is 6.01. The Morgan fingerprint density at radius 1 is 1.13 bits per heavy atom. The number of rotatable bonds is 14. The van der Waals surface area contributed by atoms with Crippen molar-refractivity contribution in [2.45, 2.75) is 56.1 Å². The van der Waals surface area contributed by atoms with Gasteiger partial charge >= 0.3 is 5.97 Å². The van der Waals surface area contributed by atoms with Gasteiger partial charge in [0.25, 0.3) is 0 Å². The summed E-state index contributed by atoms with van der Waals surface area (Å²) in [6.45, 7) is 4.63. The molecule has 0 saturated carbocycles. The maximum atomic E-state index is 14.1. The fraction of sp³-hybridized carbons (Fsp3) is 0.562. The minimum absolute atomic E-state index is 0.000978. The Bertz CT molecular complexity index is 1550. The van der Waals surface area contributed by atoms with Gasteiger partial charge in [-0.15, -0.1) is 0 Å². The Hall–Kier alpha value is -2.65. The first-order valence-electron chi connectivity index (χ1n) is 15.4. The van der Waals surface area contributed by atoms with Crippen molar-refractivity contribution >= 4 is 42.7 Å². The van der Waals surface area contributed by atoms with Gasteiger partial charge in [-0.1, -0.05) is 55.5 Å². The van der Waals surface area contributed by atoms with E-state index in [1.54, 1.807) is 18.2 Å². The molecule has 6 atom stereocenters. The average Bonchev–Trinajstić information content (AvgIpc) is 3.72. The zero-order valence-corrected chi connectivity index (χ0v) is 28.1. The summed E-state index contributed by atoms with van der Waals surface area (Å²) in [4.78, 5) is 19.9. The molecule has 5 rings (SSSR count). The molecule has 0 unspecified atom stereocenters. The molecule has 0 bridgehead atoms. The van der Waals surface area contributed by atoms with E-state index in [2.05, 4.69) is 10.3 Å². The van der Waals surface area contributed by atoms with E-state index in [4.69, 9.17) is 14.2 Å². The Kier molecular flexibility index (Phi) is 10.8. The third-order valence-corrected chi connectivity index (χ3v) is 11.4. The van der Waals surface area contributed by atoms with Gasteiger partial charge in [-0.25, -0.2) is 13.4 Å². The maximum absolute atomic E-state index is 14.1. The van der Waals surface area contributed by atoms with Crippen LogP contribution in [-0.2, 0) is 35.4 Å². The van der Waals surface area contributed by atoms with Crippen molar-refractivity contribution in [3.63, 3.8) is 0 Å². The summed E-state index contributed by atoms with van der Waals surface area (Å²) in [5.41, 5.74) is 1.66. The van der Waals surface area contributed by atoms with Crippen molar-refractivity contribution in [3.8, 4) is 0 Å². The number of carbonyl (C=O) groups is 1. The molecule has 13 heteroatoms. The summed E-state index contributed by atoms with van der Waals surface area (Å²) in [7, 11) is 1.64. The molecule has 0 radical (unpaired) electrons. The second-order valence-corrected chi connectivity index (χ2v) is 15.4. The number of aromatic nitrogens is 1. The van der Waals surface area contributed by atoms with Gasteiger partial charge < -0.3 is 29.5 Å². The number of ether oxygens (including phenoxy) is 3. The summed E-state index contributed by atoms with van der Waals surface area (Å²) >= 11 is 1.42. The van der Waals surface area contributed by atoms with Crippen LogP contribution in [0.1, 0.15) is 25.8 Å². The van der Waals surface area contributed by atoms with Gasteiger partial charge in [0.05, 0.1) is 46.8 Å². The number of fused-ring (bicyclic) bond motifs is 2. The zero-order valence-electron chi connectivity index (χ0n) is 26.5. The Balaban J connectivity index is 1.35. The van der Waals surface area contributed by atoms with Crippen molar-refractivity contribution in [1.29, 1.82) is 0 Å². The Morgan fingerprint density at radius 3 is 2.56 bits per heavy atom. The quantitative estimate of drug-likeness (QED) is 0.249. The van der Waals surface area contributed by atoms with Crippen molar-refractivity contribution in [2.24, 2.45) is 17.8 Å². The normalized spacial score (nSPS) is 23.0. The van der Waals surface area contributed by atoms with Crippen molar-refractivity contribution in [2.75, 3.05) is 52.3 Å². The van der Waals surface area contributed by atoms with Crippen LogP contribution in [0.2, 0.25) is 0 Å². The number of thiazole rings is 1. The SMILES string of the molecule is CN[C@H]1CO[C@@H]2OC[C@H](OC(=O)C[C@@H](Cc3ccccc3)[C@H](O)CN(CC(C)C)S(=O)(=O)c3ccc4nc(N(C)C)sc4c3)[C@@H]21. The number of benzene rings is 2. The number of carbonyl (C=O) groups excluding carboxylic acids is 1. The third-order valence-electron chi connectivity index (χ3n) is 8.37. The zero-order chi connectivity index (χ0) is 32.3. The smallest absolute Gasteiger partial charge is 0.306 e. The Morgan fingerprint density at radius 2 is 1.87 bits per heavy atom. The molecule has 2 N–H and O–H groups in total. The molecule has 0 amide bonds. The van der Waals surface area contributed by atoms with Gasteiger partial charge in [0, 0.05) is 39.1 Å². The average molecular weight is 661 g/mol. The summed E-state index contributed by atoms with van der Waals surface area (Å²) in [6, 6.07) is 14.5. The van der Waals surface area contributed by atoms with Gasteiger partial charge in [0.1, 0.15) is 6.10 Å². The second kappa shape index (κ2) is 14.4. The van der Waals surface area contributed by atoms with Crippen LogP contribution in [-0.4, -0.2) is 101 Å². The number of nitrogens with zero attached hydrogens (tertiary/aromatic N) is 3. The van der Waals surface area contributed by atoms with Gasteiger partial charge in [-0.05, 0) is 43.1 Å². The lowest BCUT2D eigenvalue weighted by atomic mass is 9.90. The molecule has 3 heterocycles. The summed E-state index contributed by atoms with van der Waals surface area (Å²) in [5, 5.41) is 15.6. The van der Waals surface area contributed by atoms with Crippen LogP contribution in [0.4, 0.5) is 5.13 Å². The van der Waals surface area contributed by atoms with Crippen LogP contribution in [0.25, 0.3) is 10.2 Å². The number of nitrogens with one attached hydrogen (secondary N) is 1. The molecule has 0 spiro atoms. The van der Waals surface area contributed by atoms with Crippen molar-refractivity contribution in [1.82, 2.24) is 14.6 Å². The van der Waals surface area contributed by atoms with Crippen LogP contribution < -0.4 is 10.2 Å². The molecule has 2 saturated heterocycles. The molecule has 2 aliphatic heterocycles.